The number of carbonyl (C=O) groups excluding carboxylic acids is 1. The Labute approximate surface area is 123 Å². The molecule has 3 nitrogen and oxygen atoms in total. The third-order valence-corrected chi connectivity index (χ3v) is 3.46. The molecule has 0 unspecified atom stereocenters. The molecule has 3 heteroatoms. The first kappa shape index (κ1) is 16.5. The van der Waals surface area contributed by atoms with E-state index in [2.05, 4.69) is 31.4 Å². The van der Waals surface area contributed by atoms with Crippen molar-refractivity contribution in [2.45, 2.75) is 59.4 Å². The number of nitrogens with one attached hydrogen (secondary N) is 2. The second kappa shape index (κ2) is 8.62. The minimum atomic E-state index is 0.000756. The van der Waals surface area contributed by atoms with E-state index in [9.17, 15) is 4.79 Å². The summed E-state index contributed by atoms with van der Waals surface area (Å²) < 4.78 is 0. The van der Waals surface area contributed by atoms with Crippen LogP contribution in [0, 0.1) is 6.92 Å². The molecule has 0 bridgehead atoms. The molecule has 20 heavy (non-hydrogen) atoms. The first-order chi connectivity index (χ1) is 9.62. The number of hydrogen-bond acceptors (Lipinski definition) is 2. The molecule has 0 heterocycles. The summed E-state index contributed by atoms with van der Waals surface area (Å²) in [5, 5.41) is 6.45. The molecule has 1 aromatic carbocycles. The van der Waals surface area contributed by atoms with E-state index in [0.29, 0.717) is 12.6 Å². The Morgan fingerprint density at radius 1 is 1.15 bits per heavy atom. The van der Waals surface area contributed by atoms with Gasteiger partial charge in [-0.05, 0) is 50.5 Å². The first-order valence-electron chi connectivity index (χ1n) is 7.77. The summed E-state index contributed by atoms with van der Waals surface area (Å²) >= 11 is 0. The normalized spacial score (nSPS) is 10.7. The Hall–Kier alpha value is -1.51. The van der Waals surface area contributed by atoms with Crippen LogP contribution in [0.1, 0.15) is 62.4 Å². The van der Waals surface area contributed by atoms with E-state index < -0.39 is 0 Å². The molecule has 1 aromatic rings. The zero-order valence-electron chi connectivity index (χ0n) is 13.3. The predicted molar refractivity (Wildman–Crippen MR) is 86.4 cm³/mol. The number of aryl methyl sites for hydroxylation is 1. The van der Waals surface area contributed by atoms with Crippen molar-refractivity contribution < 1.29 is 4.79 Å². The van der Waals surface area contributed by atoms with Gasteiger partial charge in [-0.15, -0.1) is 0 Å². The van der Waals surface area contributed by atoms with Crippen LogP contribution < -0.4 is 10.6 Å². The Bertz CT molecular complexity index is 423. The van der Waals surface area contributed by atoms with Crippen molar-refractivity contribution in [1.82, 2.24) is 5.32 Å². The Balaban J connectivity index is 2.78. The molecule has 0 aliphatic carbocycles. The van der Waals surface area contributed by atoms with Crippen LogP contribution >= 0.6 is 0 Å². The average molecular weight is 276 g/mol. The van der Waals surface area contributed by atoms with E-state index >= 15 is 0 Å². The lowest BCUT2D eigenvalue weighted by Crippen LogP contribution is -2.23. The highest BCUT2D eigenvalue weighted by atomic mass is 16.1. The third kappa shape index (κ3) is 4.87. The lowest BCUT2D eigenvalue weighted by molar-refractivity contribution is 0.0956. The van der Waals surface area contributed by atoms with E-state index in [-0.39, 0.29) is 5.91 Å². The molecule has 0 fully saturated rings. The second-order valence-corrected chi connectivity index (χ2v) is 5.31. The van der Waals surface area contributed by atoms with Gasteiger partial charge in [0, 0.05) is 23.8 Å². The highest BCUT2D eigenvalue weighted by molar-refractivity contribution is 5.94. The molecule has 0 aliphatic rings. The fourth-order valence-electron chi connectivity index (χ4n) is 2.43. The topological polar surface area (TPSA) is 41.1 Å². The van der Waals surface area contributed by atoms with Gasteiger partial charge in [0.15, 0.2) is 0 Å². The van der Waals surface area contributed by atoms with Crippen molar-refractivity contribution in [2.24, 2.45) is 0 Å². The van der Waals surface area contributed by atoms with Crippen LogP contribution in [0.2, 0.25) is 0 Å². The number of amides is 1. The smallest absolute Gasteiger partial charge is 0.251 e. The number of hydrogen-bond donors (Lipinski definition) is 2. The van der Waals surface area contributed by atoms with Crippen LogP contribution in [-0.4, -0.2) is 18.5 Å². The highest BCUT2D eigenvalue weighted by Gasteiger charge is 2.10. The van der Waals surface area contributed by atoms with Gasteiger partial charge in [0.05, 0.1) is 0 Å². The van der Waals surface area contributed by atoms with Gasteiger partial charge in [0.2, 0.25) is 0 Å². The Kier molecular flexibility index (Phi) is 7.13. The van der Waals surface area contributed by atoms with Gasteiger partial charge in [-0.2, -0.15) is 0 Å². The molecular formula is C17H28N2O. The molecule has 112 valence electrons. The zero-order chi connectivity index (χ0) is 15.0. The van der Waals surface area contributed by atoms with Crippen molar-refractivity contribution in [1.29, 1.82) is 0 Å². The fraction of sp³-hybridized carbons (Fsp3) is 0.588. The fourth-order valence-corrected chi connectivity index (χ4v) is 2.43. The lowest BCUT2D eigenvalue weighted by atomic mass is 10.0. The molecule has 0 saturated carbocycles. The number of benzene rings is 1. The summed E-state index contributed by atoms with van der Waals surface area (Å²) in [6, 6.07) is 6.41. The minimum Gasteiger partial charge on any atom is -0.382 e. The predicted octanol–water partition coefficient (Wildman–Crippen LogP) is 4.13. The monoisotopic (exact) mass is 276 g/mol. The average Bonchev–Trinajstić information content (AvgIpc) is 2.42. The molecule has 0 saturated heterocycles. The highest BCUT2D eigenvalue weighted by Crippen LogP contribution is 2.20. The molecule has 0 spiro atoms. The van der Waals surface area contributed by atoms with Crippen LogP contribution in [0.5, 0.6) is 0 Å². The van der Waals surface area contributed by atoms with E-state index in [1.807, 2.05) is 25.1 Å². The van der Waals surface area contributed by atoms with Gasteiger partial charge in [-0.25, -0.2) is 0 Å². The van der Waals surface area contributed by atoms with Gasteiger partial charge >= 0.3 is 0 Å². The van der Waals surface area contributed by atoms with Crippen molar-refractivity contribution in [3.63, 3.8) is 0 Å². The van der Waals surface area contributed by atoms with Crippen molar-refractivity contribution >= 4 is 11.6 Å². The summed E-state index contributed by atoms with van der Waals surface area (Å²) in [7, 11) is 0. The van der Waals surface area contributed by atoms with E-state index in [1.54, 1.807) is 0 Å². The van der Waals surface area contributed by atoms with Gasteiger partial charge < -0.3 is 10.6 Å². The Morgan fingerprint density at radius 2 is 1.80 bits per heavy atom. The molecule has 2 N–H and O–H groups in total. The van der Waals surface area contributed by atoms with Crippen LogP contribution in [0.4, 0.5) is 5.69 Å². The third-order valence-electron chi connectivity index (χ3n) is 3.46. The number of anilines is 1. The molecule has 0 aromatic heterocycles. The van der Waals surface area contributed by atoms with Gasteiger partial charge in [0.25, 0.3) is 5.91 Å². The van der Waals surface area contributed by atoms with Gasteiger partial charge in [-0.1, -0.05) is 26.7 Å². The van der Waals surface area contributed by atoms with E-state index in [0.717, 1.165) is 16.8 Å². The molecule has 1 amide bonds. The van der Waals surface area contributed by atoms with E-state index in [1.165, 1.54) is 25.7 Å². The molecule has 0 radical (unpaired) electrons. The molecule has 0 aliphatic heterocycles. The van der Waals surface area contributed by atoms with Crippen LogP contribution in [0.15, 0.2) is 18.2 Å². The summed E-state index contributed by atoms with van der Waals surface area (Å²) in [5.41, 5.74) is 3.01. The summed E-state index contributed by atoms with van der Waals surface area (Å²) in [4.78, 5) is 11.8. The number of rotatable bonds is 8. The lowest BCUT2D eigenvalue weighted by Gasteiger charge is -2.20. The summed E-state index contributed by atoms with van der Waals surface area (Å²) in [6.07, 6.45) is 4.75. The van der Waals surface area contributed by atoms with Gasteiger partial charge in [0.1, 0.15) is 0 Å². The SMILES string of the molecule is CCCC(CCC)Nc1ccc(C(=O)NCC)cc1C. The van der Waals surface area contributed by atoms with Crippen molar-refractivity contribution in [3.05, 3.63) is 29.3 Å². The molecular weight excluding hydrogens is 248 g/mol. The molecule has 1 rings (SSSR count). The standard InChI is InChI=1S/C17H28N2O/c1-5-8-15(9-6-2)19-16-11-10-14(12-13(16)4)17(20)18-7-3/h10-12,15,19H,5-9H2,1-4H3,(H,18,20). The van der Waals surface area contributed by atoms with Crippen LogP contribution in [-0.2, 0) is 0 Å². The van der Waals surface area contributed by atoms with E-state index in [4.69, 9.17) is 0 Å². The zero-order valence-corrected chi connectivity index (χ0v) is 13.3. The van der Waals surface area contributed by atoms with Crippen LogP contribution in [0.25, 0.3) is 0 Å². The largest absolute Gasteiger partial charge is 0.382 e. The maximum Gasteiger partial charge on any atom is 0.251 e. The maximum absolute atomic E-state index is 11.8. The number of carbonyl (C=O) groups is 1. The van der Waals surface area contributed by atoms with Crippen molar-refractivity contribution in [3.8, 4) is 0 Å². The Morgan fingerprint density at radius 3 is 2.30 bits per heavy atom. The van der Waals surface area contributed by atoms with Gasteiger partial charge in [-0.3, -0.25) is 4.79 Å². The maximum atomic E-state index is 11.8. The van der Waals surface area contributed by atoms with Crippen molar-refractivity contribution in [2.75, 3.05) is 11.9 Å². The van der Waals surface area contributed by atoms with Crippen LogP contribution in [0.3, 0.4) is 0 Å². The quantitative estimate of drug-likeness (QED) is 0.749. The minimum absolute atomic E-state index is 0.000756. The second-order valence-electron chi connectivity index (χ2n) is 5.31. The molecule has 0 atom stereocenters. The summed E-state index contributed by atoms with van der Waals surface area (Å²) in [6.45, 7) is 9.08. The first-order valence-corrected chi connectivity index (χ1v) is 7.77. The summed E-state index contributed by atoms with van der Waals surface area (Å²) in [5.74, 6) is 0.000756.